The van der Waals surface area contributed by atoms with E-state index < -0.39 is 62.3 Å². The standard InChI is InChI=1S/C19H28N7O8P/c1-19(2)33-12-10(7-31-35(29,30)24-16(27)9-5-4-6-25(9)3)32-17(13(12)34-19)26-15-11(23-18(26)28)14(20)21-8-22-15/h8-10,12-13,17H,4-7H2,1-3H3,(H,23,28)(H2,20,21,22)(H2,24,27,29,30)/t9-,10+,12+,13+,17+/m0/s1. The number of amides is 1. The first-order chi connectivity index (χ1) is 16.5. The van der Waals surface area contributed by atoms with Gasteiger partial charge in [0.1, 0.15) is 30.2 Å². The highest BCUT2D eigenvalue weighted by Gasteiger charge is 2.57. The number of H-pyrrole nitrogens is 1. The topological polar surface area (TPSA) is 196 Å². The average Bonchev–Trinajstić information content (AvgIpc) is 3.49. The molecule has 5 rings (SSSR count). The van der Waals surface area contributed by atoms with Crippen LogP contribution in [0.4, 0.5) is 5.82 Å². The minimum atomic E-state index is -4.50. The number of aromatic amines is 1. The van der Waals surface area contributed by atoms with Crippen molar-refractivity contribution in [3.05, 3.63) is 16.8 Å². The minimum Gasteiger partial charge on any atom is -0.382 e. The molecular weight excluding hydrogens is 485 g/mol. The molecule has 0 radical (unpaired) electrons. The van der Waals surface area contributed by atoms with Crippen molar-refractivity contribution >= 4 is 30.6 Å². The normalized spacial score (nSPS) is 32.1. The molecule has 2 aromatic heterocycles. The number of likely N-dealkylation sites (N-methyl/N-ethyl adjacent to an activating group) is 1. The first-order valence-corrected chi connectivity index (χ1v) is 12.7. The minimum absolute atomic E-state index is 0.0917. The van der Waals surface area contributed by atoms with Crippen LogP contribution in [0.3, 0.4) is 0 Å². The zero-order valence-corrected chi connectivity index (χ0v) is 20.3. The second-order valence-electron chi connectivity index (χ2n) is 9.32. The molecule has 0 saturated carbocycles. The molecule has 1 amide bonds. The average molecular weight is 513 g/mol. The van der Waals surface area contributed by atoms with E-state index in [4.69, 9.17) is 24.5 Å². The zero-order chi connectivity index (χ0) is 25.1. The Morgan fingerprint density at radius 3 is 2.86 bits per heavy atom. The van der Waals surface area contributed by atoms with Crippen molar-refractivity contribution in [1.82, 2.24) is 29.5 Å². The molecule has 6 atom stereocenters. The van der Waals surface area contributed by atoms with Crippen LogP contribution in [0.5, 0.6) is 0 Å². The van der Waals surface area contributed by atoms with E-state index >= 15 is 0 Å². The van der Waals surface area contributed by atoms with Crippen LogP contribution in [0, 0.1) is 0 Å². The molecule has 0 bridgehead atoms. The number of rotatable bonds is 6. The van der Waals surface area contributed by atoms with Crippen LogP contribution in [-0.2, 0) is 28.1 Å². The highest BCUT2D eigenvalue weighted by Crippen LogP contribution is 2.45. The Labute approximate surface area is 199 Å². The molecule has 3 fully saturated rings. The summed E-state index contributed by atoms with van der Waals surface area (Å²) in [5, 5.41) is 2.10. The lowest BCUT2D eigenvalue weighted by molar-refractivity contribution is -0.199. The number of likely N-dealkylation sites (tertiary alicyclic amines) is 1. The number of carbonyl (C=O) groups is 1. The van der Waals surface area contributed by atoms with Gasteiger partial charge in [0.2, 0.25) is 5.91 Å². The van der Waals surface area contributed by atoms with Gasteiger partial charge in [0.15, 0.2) is 23.5 Å². The van der Waals surface area contributed by atoms with Gasteiger partial charge in [-0.2, -0.15) is 0 Å². The third-order valence-electron chi connectivity index (χ3n) is 6.40. The molecule has 3 aliphatic rings. The predicted molar refractivity (Wildman–Crippen MR) is 120 cm³/mol. The lowest BCUT2D eigenvalue weighted by atomic mass is 10.1. The number of nitrogens with zero attached hydrogens (tertiary/aromatic N) is 4. The third kappa shape index (κ3) is 4.48. The fourth-order valence-electron chi connectivity index (χ4n) is 4.85. The Morgan fingerprint density at radius 2 is 2.14 bits per heavy atom. The van der Waals surface area contributed by atoms with E-state index in [2.05, 4.69) is 20.0 Å². The largest absolute Gasteiger partial charge is 0.432 e. The van der Waals surface area contributed by atoms with Gasteiger partial charge in [-0.1, -0.05) is 0 Å². The first-order valence-electron chi connectivity index (χ1n) is 11.2. The molecule has 35 heavy (non-hydrogen) atoms. The number of anilines is 1. The third-order valence-corrected chi connectivity index (χ3v) is 7.41. The maximum atomic E-state index is 12.8. The summed E-state index contributed by atoms with van der Waals surface area (Å²) in [6, 6.07) is -0.494. The number of nitrogens with two attached hydrogens (primary N) is 1. The van der Waals surface area contributed by atoms with Gasteiger partial charge in [0.05, 0.1) is 12.6 Å². The summed E-state index contributed by atoms with van der Waals surface area (Å²) in [5.41, 5.74) is 5.76. The van der Waals surface area contributed by atoms with Gasteiger partial charge in [-0.15, -0.1) is 0 Å². The lowest BCUT2D eigenvalue weighted by Gasteiger charge is -2.25. The molecule has 5 heterocycles. The van der Waals surface area contributed by atoms with Crippen molar-refractivity contribution < 1.29 is 33.0 Å². The molecule has 3 saturated heterocycles. The molecule has 5 N–H and O–H groups in total. The summed E-state index contributed by atoms with van der Waals surface area (Å²) in [4.78, 5) is 47.9. The fraction of sp³-hybridized carbons (Fsp3) is 0.684. The smallest absolute Gasteiger partial charge is 0.382 e. The van der Waals surface area contributed by atoms with Crippen molar-refractivity contribution in [3.8, 4) is 0 Å². The summed E-state index contributed by atoms with van der Waals surface area (Å²) >= 11 is 0. The van der Waals surface area contributed by atoms with Crippen molar-refractivity contribution in [1.29, 1.82) is 0 Å². The van der Waals surface area contributed by atoms with Gasteiger partial charge in [-0.3, -0.25) is 19.3 Å². The van der Waals surface area contributed by atoms with Gasteiger partial charge < -0.3 is 29.8 Å². The quantitative estimate of drug-likeness (QED) is 0.360. The monoisotopic (exact) mass is 513 g/mol. The Hall–Kier alpha value is -2.39. The van der Waals surface area contributed by atoms with Crippen molar-refractivity contribution in [2.45, 2.75) is 63.1 Å². The number of imidazole rings is 1. The van der Waals surface area contributed by atoms with Crippen LogP contribution in [-0.4, -0.2) is 85.6 Å². The summed E-state index contributed by atoms with van der Waals surface area (Å²) in [6.07, 6.45) is -0.749. The van der Waals surface area contributed by atoms with Gasteiger partial charge in [0, 0.05) is 0 Å². The molecule has 15 nitrogen and oxygen atoms in total. The number of nitrogen functional groups attached to an aromatic ring is 1. The van der Waals surface area contributed by atoms with Crippen molar-refractivity contribution in [2.75, 3.05) is 25.9 Å². The SMILES string of the molecule is CN1CCC[C@H]1C(=O)NP(=O)(O)OC[C@H]1O[C@@H](n2c(=O)[nH]c3c(N)ncnc32)[C@@H]2OC(C)(C)O[C@@H]21. The first kappa shape index (κ1) is 24.3. The van der Waals surface area contributed by atoms with Crippen LogP contribution in [0.25, 0.3) is 11.2 Å². The summed E-state index contributed by atoms with van der Waals surface area (Å²) < 4.78 is 37.0. The van der Waals surface area contributed by atoms with Gasteiger partial charge >= 0.3 is 13.4 Å². The lowest BCUT2D eigenvalue weighted by Crippen LogP contribution is -2.40. The number of aromatic nitrogens is 4. The number of fused-ring (bicyclic) bond motifs is 2. The molecule has 192 valence electrons. The summed E-state index contributed by atoms with van der Waals surface area (Å²) in [5.74, 6) is -1.50. The number of nitrogens with one attached hydrogen (secondary N) is 2. The molecule has 16 heteroatoms. The Balaban J connectivity index is 1.35. The van der Waals surface area contributed by atoms with E-state index in [1.807, 2.05) is 4.90 Å². The highest BCUT2D eigenvalue weighted by molar-refractivity contribution is 7.51. The summed E-state index contributed by atoms with van der Waals surface area (Å²) in [7, 11) is -2.72. The fourth-order valence-corrected chi connectivity index (χ4v) is 5.70. The van der Waals surface area contributed by atoms with Crippen LogP contribution < -0.4 is 16.5 Å². The zero-order valence-electron chi connectivity index (χ0n) is 19.4. The van der Waals surface area contributed by atoms with E-state index in [0.29, 0.717) is 6.42 Å². The number of hydrogen-bond donors (Lipinski definition) is 4. The molecular formula is C19H28N7O8P. The van der Waals surface area contributed by atoms with E-state index in [-0.39, 0.29) is 17.0 Å². The van der Waals surface area contributed by atoms with Crippen LogP contribution in [0.2, 0.25) is 0 Å². The number of ether oxygens (including phenoxy) is 3. The Morgan fingerprint density at radius 1 is 1.40 bits per heavy atom. The maximum Gasteiger partial charge on any atom is 0.432 e. The van der Waals surface area contributed by atoms with E-state index in [9.17, 15) is 19.0 Å². The second kappa shape index (κ2) is 8.62. The van der Waals surface area contributed by atoms with E-state index in [1.165, 1.54) is 10.9 Å². The van der Waals surface area contributed by atoms with Crippen LogP contribution in [0.15, 0.2) is 11.1 Å². The molecule has 3 aliphatic heterocycles. The van der Waals surface area contributed by atoms with Crippen molar-refractivity contribution in [3.63, 3.8) is 0 Å². The van der Waals surface area contributed by atoms with E-state index in [1.54, 1.807) is 20.9 Å². The predicted octanol–water partition coefficient (Wildman–Crippen LogP) is -0.553. The van der Waals surface area contributed by atoms with Crippen LogP contribution >= 0.6 is 7.75 Å². The Kier molecular flexibility index (Phi) is 5.99. The van der Waals surface area contributed by atoms with Gasteiger partial charge in [-0.05, 0) is 40.3 Å². The maximum absolute atomic E-state index is 12.8. The van der Waals surface area contributed by atoms with Gasteiger partial charge in [0.25, 0.3) is 0 Å². The summed E-state index contributed by atoms with van der Waals surface area (Å²) in [6.45, 7) is 3.73. The number of carbonyl (C=O) groups excluding carboxylic acids is 1. The molecule has 2 aromatic rings. The van der Waals surface area contributed by atoms with Crippen LogP contribution in [0.1, 0.15) is 32.9 Å². The van der Waals surface area contributed by atoms with E-state index in [0.717, 1.165) is 13.0 Å². The number of hydrogen-bond acceptors (Lipinski definition) is 11. The molecule has 0 aliphatic carbocycles. The molecule has 0 aromatic carbocycles. The highest BCUT2D eigenvalue weighted by atomic mass is 31.2. The molecule has 1 unspecified atom stereocenters. The van der Waals surface area contributed by atoms with Gasteiger partial charge in [-0.25, -0.2) is 23.9 Å². The van der Waals surface area contributed by atoms with Crippen molar-refractivity contribution in [2.24, 2.45) is 0 Å². The Bertz CT molecular complexity index is 1250. The molecule has 0 spiro atoms. The second-order valence-corrected chi connectivity index (χ2v) is 10.8.